The molecule has 9 nitrogen and oxygen atoms in total. The number of morpholine rings is 1. The van der Waals surface area contributed by atoms with Crippen LogP contribution < -0.4 is 15.4 Å². The molecule has 1 aliphatic rings. The van der Waals surface area contributed by atoms with Crippen molar-refractivity contribution in [3.05, 3.63) is 23.8 Å². The molecule has 0 bridgehead atoms. The lowest BCUT2D eigenvalue weighted by Gasteiger charge is -2.30. The minimum atomic E-state index is -4.00. The van der Waals surface area contributed by atoms with Gasteiger partial charge in [-0.3, -0.25) is 4.79 Å². The van der Waals surface area contributed by atoms with Gasteiger partial charge >= 0.3 is 5.97 Å². The van der Waals surface area contributed by atoms with Crippen molar-refractivity contribution in [2.24, 2.45) is 5.14 Å². The van der Waals surface area contributed by atoms with Crippen LogP contribution in [0, 0.1) is 0 Å². The average Bonchev–Trinajstić information content (AvgIpc) is 2.64. The molecule has 1 aromatic rings. The first-order chi connectivity index (χ1) is 12.7. The molecule has 0 saturated carbocycles. The van der Waals surface area contributed by atoms with E-state index in [-0.39, 0.29) is 10.5 Å². The Balaban J connectivity index is 2.37. The quantitative estimate of drug-likeness (QED) is 0.580. The first-order valence-electron chi connectivity index (χ1n) is 8.77. The van der Waals surface area contributed by atoms with Gasteiger partial charge in [0.25, 0.3) is 5.91 Å². The molecule has 0 aliphatic carbocycles. The number of nitrogens with zero attached hydrogens (tertiary/aromatic N) is 1. The number of carboxylic acids is 1. The Morgan fingerprint density at radius 2 is 2.00 bits per heavy atom. The summed E-state index contributed by atoms with van der Waals surface area (Å²) in [4.78, 5) is 25.9. The number of hydrogen-bond donors (Lipinski definition) is 3. The van der Waals surface area contributed by atoms with Gasteiger partial charge in [-0.25, -0.2) is 18.4 Å². The summed E-state index contributed by atoms with van der Waals surface area (Å²) in [5.41, 5.74) is 0.592. The van der Waals surface area contributed by atoms with E-state index in [1.807, 2.05) is 11.8 Å². The fraction of sp³-hybridized carbons (Fsp3) is 0.529. The monoisotopic (exact) mass is 399 g/mol. The summed E-state index contributed by atoms with van der Waals surface area (Å²) in [5.74, 6) is -1.78. The van der Waals surface area contributed by atoms with E-state index in [1.54, 1.807) is 0 Å². The van der Waals surface area contributed by atoms with Crippen molar-refractivity contribution in [1.29, 1.82) is 0 Å². The van der Waals surface area contributed by atoms with Crippen LogP contribution >= 0.6 is 0 Å². The zero-order chi connectivity index (χ0) is 20.0. The third-order valence-corrected chi connectivity index (χ3v) is 5.25. The van der Waals surface area contributed by atoms with E-state index in [9.17, 15) is 23.1 Å². The molecule has 1 aromatic carbocycles. The highest BCUT2D eigenvalue weighted by molar-refractivity contribution is 7.89. The van der Waals surface area contributed by atoms with E-state index >= 15 is 0 Å². The standard InChI is InChI=1S/C17H25N3O6S/c1-2-3-4-14(17(22)23)19-16(21)13-11-12(27(18,24)25)5-6-15(13)20-7-9-26-10-8-20/h5-6,11,14H,2-4,7-10H2,1H3,(H,19,21)(H,22,23)(H2,18,24,25)/t14-/m0/s1. The summed E-state index contributed by atoms with van der Waals surface area (Å²) in [7, 11) is -4.00. The van der Waals surface area contributed by atoms with E-state index in [0.717, 1.165) is 6.42 Å². The predicted molar refractivity (Wildman–Crippen MR) is 99.3 cm³/mol. The van der Waals surface area contributed by atoms with Gasteiger partial charge in [0.2, 0.25) is 10.0 Å². The lowest BCUT2D eigenvalue weighted by Crippen LogP contribution is -2.42. The van der Waals surface area contributed by atoms with Gasteiger partial charge in [0.05, 0.1) is 23.7 Å². The number of rotatable bonds is 8. The lowest BCUT2D eigenvalue weighted by atomic mass is 10.1. The number of carboxylic acid groups (broad SMARTS) is 1. The second-order valence-electron chi connectivity index (χ2n) is 6.33. The number of ether oxygens (including phenoxy) is 1. The molecule has 1 fully saturated rings. The van der Waals surface area contributed by atoms with Crippen LogP contribution in [-0.4, -0.2) is 57.7 Å². The molecular weight excluding hydrogens is 374 g/mol. The maximum atomic E-state index is 12.8. The average molecular weight is 399 g/mol. The third kappa shape index (κ3) is 5.65. The second-order valence-corrected chi connectivity index (χ2v) is 7.89. The summed E-state index contributed by atoms with van der Waals surface area (Å²) in [6.45, 7) is 3.95. The van der Waals surface area contributed by atoms with Crippen molar-refractivity contribution in [2.75, 3.05) is 31.2 Å². The van der Waals surface area contributed by atoms with Crippen LogP contribution in [0.3, 0.4) is 0 Å². The molecule has 0 unspecified atom stereocenters. The molecule has 1 heterocycles. The van der Waals surface area contributed by atoms with Gasteiger partial charge in [0.1, 0.15) is 6.04 Å². The normalized spacial score (nSPS) is 16.0. The number of primary sulfonamides is 1. The van der Waals surface area contributed by atoms with Crippen LogP contribution in [0.25, 0.3) is 0 Å². The van der Waals surface area contributed by atoms with Crippen LogP contribution in [0.1, 0.15) is 36.5 Å². The van der Waals surface area contributed by atoms with Gasteiger partial charge in [-0.05, 0) is 24.6 Å². The molecule has 1 atom stereocenters. The largest absolute Gasteiger partial charge is 0.480 e. The molecule has 1 aliphatic heterocycles. The number of nitrogens with one attached hydrogen (secondary N) is 1. The molecule has 150 valence electrons. The Bertz CT molecular complexity index is 790. The molecule has 1 amide bonds. The molecule has 0 spiro atoms. The molecular formula is C17H25N3O6S. The number of nitrogens with two attached hydrogens (primary N) is 1. The topological polar surface area (TPSA) is 139 Å². The van der Waals surface area contributed by atoms with Crippen LogP contribution in [0.5, 0.6) is 0 Å². The first kappa shape index (κ1) is 21.1. The highest BCUT2D eigenvalue weighted by Gasteiger charge is 2.25. The van der Waals surface area contributed by atoms with Gasteiger partial charge in [-0.2, -0.15) is 0 Å². The van der Waals surface area contributed by atoms with E-state index in [4.69, 9.17) is 9.88 Å². The third-order valence-electron chi connectivity index (χ3n) is 4.34. The van der Waals surface area contributed by atoms with Crippen molar-refractivity contribution < 1.29 is 27.9 Å². The number of unbranched alkanes of at least 4 members (excludes halogenated alkanes) is 1. The zero-order valence-electron chi connectivity index (χ0n) is 15.2. The van der Waals surface area contributed by atoms with Crippen LogP contribution in [-0.2, 0) is 19.6 Å². The maximum absolute atomic E-state index is 12.8. The predicted octanol–water partition coefficient (Wildman–Crippen LogP) is 0.544. The molecule has 4 N–H and O–H groups in total. The Labute approximate surface area is 158 Å². The number of sulfonamides is 1. The molecule has 2 rings (SSSR count). The van der Waals surface area contributed by atoms with Crippen LogP contribution in [0.4, 0.5) is 5.69 Å². The molecule has 10 heteroatoms. The summed E-state index contributed by atoms with van der Waals surface area (Å²) in [6.07, 6.45) is 1.73. The van der Waals surface area contributed by atoms with E-state index in [0.29, 0.717) is 44.8 Å². The van der Waals surface area contributed by atoms with Gasteiger partial charge in [-0.1, -0.05) is 19.8 Å². The highest BCUT2D eigenvalue weighted by atomic mass is 32.2. The number of benzene rings is 1. The molecule has 0 radical (unpaired) electrons. The van der Waals surface area contributed by atoms with Crippen molar-refractivity contribution >= 4 is 27.6 Å². The number of hydrogen-bond acceptors (Lipinski definition) is 6. The minimum Gasteiger partial charge on any atom is -0.480 e. The van der Waals surface area contributed by atoms with Gasteiger partial charge in [0.15, 0.2) is 0 Å². The maximum Gasteiger partial charge on any atom is 0.326 e. The summed E-state index contributed by atoms with van der Waals surface area (Å²) in [5, 5.41) is 17.0. The Morgan fingerprint density at radius 3 is 2.56 bits per heavy atom. The minimum absolute atomic E-state index is 0.0752. The highest BCUT2D eigenvalue weighted by Crippen LogP contribution is 2.25. The summed E-state index contributed by atoms with van der Waals surface area (Å²) in [6, 6.07) is 2.99. The van der Waals surface area contributed by atoms with Crippen LogP contribution in [0.15, 0.2) is 23.1 Å². The number of carbonyl (C=O) groups excluding carboxylic acids is 1. The lowest BCUT2D eigenvalue weighted by molar-refractivity contribution is -0.139. The molecule has 0 aromatic heterocycles. The summed E-state index contributed by atoms with van der Waals surface area (Å²) < 4.78 is 28.7. The Kier molecular flexibility index (Phi) is 7.17. The van der Waals surface area contributed by atoms with Crippen molar-refractivity contribution in [3.63, 3.8) is 0 Å². The zero-order valence-corrected chi connectivity index (χ0v) is 16.0. The van der Waals surface area contributed by atoms with Gasteiger partial charge in [-0.15, -0.1) is 0 Å². The van der Waals surface area contributed by atoms with Crippen molar-refractivity contribution in [1.82, 2.24) is 5.32 Å². The number of anilines is 1. The van der Waals surface area contributed by atoms with E-state index < -0.39 is 27.9 Å². The van der Waals surface area contributed by atoms with E-state index in [2.05, 4.69) is 5.32 Å². The van der Waals surface area contributed by atoms with Crippen molar-refractivity contribution in [3.8, 4) is 0 Å². The Hall–Kier alpha value is -2.17. The van der Waals surface area contributed by atoms with Crippen LogP contribution in [0.2, 0.25) is 0 Å². The van der Waals surface area contributed by atoms with Gasteiger partial charge in [0, 0.05) is 18.8 Å². The SMILES string of the molecule is CCCC[C@H](NC(=O)c1cc(S(N)(=O)=O)ccc1N1CCOCC1)C(=O)O. The number of carbonyl (C=O) groups is 2. The Morgan fingerprint density at radius 1 is 1.33 bits per heavy atom. The van der Waals surface area contributed by atoms with Gasteiger partial charge < -0.3 is 20.1 Å². The first-order valence-corrected chi connectivity index (χ1v) is 10.3. The summed E-state index contributed by atoms with van der Waals surface area (Å²) >= 11 is 0. The van der Waals surface area contributed by atoms with E-state index in [1.165, 1.54) is 18.2 Å². The second kappa shape index (κ2) is 9.16. The molecule has 27 heavy (non-hydrogen) atoms. The molecule has 1 saturated heterocycles. The fourth-order valence-corrected chi connectivity index (χ4v) is 3.40. The smallest absolute Gasteiger partial charge is 0.326 e. The number of amides is 1. The van der Waals surface area contributed by atoms with Crippen molar-refractivity contribution in [2.45, 2.75) is 37.1 Å². The fourth-order valence-electron chi connectivity index (χ4n) is 2.86. The number of aliphatic carboxylic acids is 1.